The summed E-state index contributed by atoms with van der Waals surface area (Å²) in [6, 6.07) is 9.71. The minimum Gasteiger partial charge on any atom is -0.380 e. The Balaban J connectivity index is 1.67. The highest BCUT2D eigenvalue weighted by Crippen LogP contribution is 2.59. The van der Waals surface area contributed by atoms with Crippen molar-refractivity contribution in [1.29, 1.82) is 0 Å². The lowest BCUT2D eigenvalue weighted by molar-refractivity contribution is -0.273. The molecule has 1 saturated carbocycles. The molecule has 12 heteroatoms. The number of alkyl halides is 3. The molecule has 0 radical (unpaired) electrons. The Hall–Kier alpha value is -3.77. The third-order valence-electron chi connectivity index (χ3n) is 8.70. The standard InChI is InChI=1S/C32H33F4N3O4S/c1-20(2)4-11-28-30(12-14-31(41,15-13-30)32(34,35)36)26-17-22(29(40)38-24-16-21(3)18-37-19-24)5-10-27(26)39(28)44(42,43)25-8-6-23(33)7-9-25/h4-10,16-19,28,41H,11-15H2,1-3H3,(H,38,40). The molecular weight excluding hydrogens is 598 g/mol. The van der Waals surface area contributed by atoms with Gasteiger partial charge >= 0.3 is 6.18 Å². The number of pyridine rings is 1. The van der Waals surface area contributed by atoms with E-state index in [4.69, 9.17) is 0 Å². The largest absolute Gasteiger partial charge is 0.417 e. The number of nitrogens with zero attached hydrogens (tertiary/aromatic N) is 2. The second-order valence-electron chi connectivity index (χ2n) is 11.9. The minimum atomic E-state index is -4.87. The Morgan fingerprint density at radius 3 is 2.32 bits per heavy atom. The Morgan fingerprint density at radius 1 is 1.07 bits per heavy atom. The summed E-state index contributed by atoms with van der Waals surface area (Å²) in [6.07, 6.45) is -1.41. The van der Waals surface area contributed by atoms with Crippen molar-refractivity contribution in [3.63, 3.8) is 0 Å². The van der Waals surface area contributed by atoms with Gasteiger partial charge in [0.2, 0.25) is 0 Å². The number of allylic oxidation sites excluding steroid dienone is 1. The van der Waals surface area contributed by atoms with Gasteiger partial charge in [-0.3, -0.25) is 14.1 Å². The van der Waals surface area contributed by atoms with Crippen LogP contribution in [0.3, 0.4) is 0 Å². The molecule has 1 spiro atoms. The summed E-state index contributed by atoms with van der Waals surface area (Å²) in [6.45, 7) is 5.48. The number of sulfonamides is 1. The number of amides is 1. The number of hydrogen-bond donors (Lipinski definition) is 2. The molecule has 2 heterocycles. The smallest absolute Gasteiger partial charge is 0.380 e. The molecule has 44 heavy (non-hydrogen) atoms. The molecule has 7 nitrogen and oxygen atoms in total. The van der Waals surface area contributed by atoms with Crippen molar-refractivity contribution in [3.8, 4) is 0 Å². The van der Waals surface area contributed by atoms with E-state index in [0.29, 0.717) is 11.3 Å². The lowest BCUT2D eigenvalue weighted by Crippen LogP contribution is -2.55. The lowest BCUT2D eigenvalue weighted by Gasteiger charge is -2.46. The van der Waals surface area contributed by atoms with Crippen LogP contribution >= 0.6 is 0 Å². The van der Waals surface area contributed by atoms with Crippen LogP contribution in [0.4, 0.5) is 28.9 Å². The number of carbonyl (C=O) groups is 1. The molecule has 2 aromatic carbocycles. The normalized spacial score (nSPS) is 23.4. The highest BCUT2D eigenvalue weighted by molar-refractivity contribution is 7.92. The van der Waals surface area contributed by atoms with E-state index in [1.807, 2.05) is 26.8 Å². The fraction of sp³-hybridized carbons (Fsp3) is 0.375. The van der Waals surface area contributed by atoms with Gasteiger partial charge in [-0.2, -0.15) is 13.2 Å². The van der Waals surface area contributed by atoms with Gasteiger partial charge in [-0.25, -0.2) is 12.8 Å². The van der Waals surface area contributed by atoms with Crippen LogP contribution in [0.5, 0.6) is 0 Å². The van der Waals surface area contributed by atoms with E-state index >= 15 is 0 Å². The van der Waals surface area contributed by atoms with Gasteiger partial charge in [-0.05, 0) is 113 Å². The van der Waals surface area contributed by atoms with Crippen molar-refractivity contribution < 1.29 is 35.9 Å². The van der Waals surface area contributed by atoms with Crippen LogP contribution in [0.25, 0.3) is 0 Å². The number of rotatable bonds is 6. The van der Waals surface area contributed by atoms with Crippen molar-refractivity contribution >= 4 is 27.3 Å². The third kappa shape index (κ3) is 5.61. The number of hydrogen-bond acceptors (Lipinski definition) is 5. The van der Waals surface area contributed by atoms with Crippen molar-refractivity contribution in [2.24, 2.45) is 0 Å². The Kier molecular flexibility index (Phi) is 8.13. The van der Waals surface area contributed by atoms with Gasteiger partial charge in [0.1, 0.15) is 5.82 Å². The van der Waals surface area contributed by atoms with Gasteiger partial charge in [0.25, 0.3) is 15.9 Å². The average Bonchev–Trinajstić information content (AvgIpc) is 3.22. The van der Waals surface area contributed by atoms with Crippen LogP contribution in [-0.2, 0) is 15.4 Å². The summed E-state index contributed by atoms with van der Waals surface area (Å²) in [7, 11) is -4.34. The number of carbonyl (C=O) groups excluding carboxylic acids is 1. The first-order valence-corrected chi connectivity index (χ1v) is 15.6. The zero-order valence-electron chi connectivity index (χ0n) is 24.5. The second kappa shape index (κ2) is 11.3. The predicted octanol–water partition coefficient (Wildman–Crippen LogP) is 6.82. The van der Waals surface area contributed by atoms with Crippen LogP contribution in [0.1, 0.15) is 67.4 Å². The monoisotopic (exact) mass is 631 g/mol. The zero-order valence-corrected chi connectivity index (χ0v) is 25.3. The molecule has 1 aliphatic heterocycles. The number of fused-ring (bicyclic) bond motifs is 2. The molecule has 1 fully saturated rings. The number of anilines is 2. The molecular formula is C32H33F4N3O4S. The average molecular weight is 632 g/mol. The van der Waals surface area contributed by atoms with Gasteiger partial charge in [-0.1, -0.05) is 11.6 Å². The van der Waals surface area contributed by atoms with Crippen LogP contribution in [0.2, 0.25) is 0 Å². The van der Waals surface area contributed by atoms with Crippen LogP contribution in [0, 0.1) is 12.7 Å². The summed E-state index contributed by atoms with van der Waals surface area (Å²) in [5.41, 5.74) is -1.11. The zero-order chi connectivity index (χ0) is 32.1. The molecule has 0 saturated heterocycles. The maximum atomic E-state index is 14.2. The van der Waals surface area contributed by atoms with Crippen molar-refractivity contribution in [2.75, 3.05) is 9.62 Å². The van der Waals surface area contributed by atoms with Gasteiger partial charge in [-0.15, -0.1) is 0 Å². The van der Waals surface area contributed by atoms with E-state index in [9.17, 15) is 35.9 Å². The Labute approximate surface area is 253 Å². The molecule has 5 rings (SSSR count). The number of benzene rings is 2. The molecule has 1 aromatic heterocycles. The Morgan fingerprint density at radius 2 is 1.73 bits per heavy atom. The first kappa shape index (κ1) is 31.6. The van der Waals surface area contributed by atoms with Crippen molar-refractivity contribution in [1.82, 2.24) is 4.98 Å². The number of aryl methyl sites for hydroxylation is 1. The van der Waals surface area contributed by atoms with E-state index in [-0.39, 0.29) is 35.4 Å². The molecule has 1 aliphatic carbocycles. The predicted molar refractivity (Wildman–Crippen MR) is 158 cm³/mol. The number of nitrogens with one attached hydrogen (secondary N) is 1. The topological polar surface area (TPSA) is 99.6 Å². The molecule has 3 aromatic rings. The SMILES string of the molecule is CC(C)=CCC1N(S(=O)(=O)c2ccc(F)cc2)c2ccc(C(=O)Nc3cncc(C)c3)cc2C12CCC(O)(C(F)(F)F)CC2. The van der Waals surface area contributed by atoms with Gasteiger partial charge in [0, 0.05) is 17.2 Å². The first-order valence-electron chi connectivity index (χ1n) is 14.2. The molecule has 1 atom stereocenters. The van der Waals surface area contributed by atoms with E-state index < -0.39 is 57.8 Å². The van der Waals surface area contributed by atoms with E-state index in [1.165, 1.54) is 22.6 Å². The molecule has 234 valence electrons. The summed E-state index contributed by atoms with van der Waals surface area (Å²) in [4.78, 5) is 17.2. The van der Waals surface area contributed by atoms with Crippen LogP contribution in [-0.4, -0.2) is 42.2 Å². The highest BCUT2D eigenvalue weighted by Gasteiger charge is 2.62. The summed E-state index contributed by atoms with van der Waals surface area (Å²) in [5.74, 6) is -1.12. The molecule has 1 unspecified atom stereocenters. The Bertz CT molecular complexity index is 1710. The quantitative estimate of drug-likeness (QED) is 0.230. The van der Waals surface area contributed by atoms with Crippen LogP contribution in [0.15, 0.2) is 77.5 Å². The van der Waals surface area contributed by atoms with Crippen molar-refractivity contribution in [2.45, 2.75) is 81.0 Å². The second-order valence-corrected chi connectivity index (χ2v) is 13.7. The first-order chi connectivity index (χ1) is 20.6. The van der Waals surface area contributed by atoms with E-state index in [1.54, 1.807) is 18.3 Å². The molecule has 1 amide bonds. The highest BCUT2D eigenvalue weighted by atomic mass is 32.2. The van der Waals surface area contributed by atoms with Gasteiger partial charge in [0.15, 0.2) is 5.60 Å². The lowest BCUT2D eigenvalue weighted by atomic mass is 9.62. The molecule has 2 aliphatic rings. The van der Waals surface area contributed by atoms with Gasteiger partial charge < -0.3 is 10.4 Å². The number of aliphatic hydroxyl groups is 1. The number of halogens is 4. The molecule has 2 N–H and O–H groups in total. The summed E-state index contributed by atoms with van der Waals surface area (Å²) in [5, 5.41) is 13.4. The summed E-state index contributed by atoms with van der Waals surface area (Å²) >= 11 is 0. The van der Waals surface area contributed by atoms with Gasteiger partial charge in [0.05, 0.1) is 28.5 Å². The maximum Gasteiger partial charge on any atom is 0.417 e. The van der Waals surface area contributed by atoms with E-state index in [2.05, 4.69) is 10.3 Å². The summed E-state index contributed by atoms with van der Waals surface area (Å²) < 4.78 is 85.2. The van der Waals surface area contributed by atoms with Crippen LogP contribution < -0.4 is 9.62 Å². The van der Waals surface area contributed by atoms with Crippen molar-refractivity contribution in [3.05, 3.63) is 95.1 Å². The maximum absolute atomic E-state index is 14.2. The fourth-order valence-electron chi connectivity index (χ4n) is 6.35. The molecule has 0 bridgehead atoms. The number of aromatic nitrogens is 1. The van der Waals surface area contributed by atoms with E-state index in [0.717, 1.165) is 35.4 Å². The minimum absolute atomic E-state index is 0.165. The third-order valence-corrected chi connectivity index (χ3v) is 10.5. The fourth-order valence-corrected chi connectivity index (χ4v) is 8.10.